The van der Waals surface area contributed by atoms with Crippen LogP contribution in [0.3, 0.4) is 0 Å². The molecule has 1 heterocycles. The van der Waals surface area contributed by atoms with Gasteiger partial charge in [0.25, 0.3) is 0 Å². The van der Waals surface area contributed by atoms with E-state index in [1.807, 2.05) is 0 Å². The summed E-state index contributed by atoms with van der Waals surface area (Å²) in [7, 11) is 0. The lowest BCUT2D eigenvalue weighted by molar-refractivity contribution is 0.395. The number of rotatable bonds is 5. The molecule has 1 aliphatic rings. The Morgan fingerprint density at radius 2 is 2.25 bits per heavy atom. The summed E-state index contributed by atoms with van der Waals surface area (Å²) in [5, 5.41) is 3.56. The van der Waals surface area contributed by atoms with Crippen molar-refractivity contribution in [3.63, 3.8) is 0 Å². The lowest BCUT2D eigenvalue weighted by atomic mass is 9.95. The number of halogens is 1. The van der Waals surface area contributed by atoms with Gasteiger partial charge in [0.15, 0.2) is 4.67 Å². The molecule has 0 bridgehead atoms. The van der Waals surface area contributed by atoms with Gasteiger partial charge in [-0.3, -0.25) is 0 Å². The minimum atomic E-state index is 0.446. The molecular formula is C13H20BrNO. The maximum atomic E-state index is 5.33. The van der Waals surface area contributed by atoms with Crippen molar-refractivity contribution >= 4 is 15.9 Å². The van der Waals surface area contributed by atoms with Crippen LogP contribution >= 0.6 is 15.9 Å². The molecule has 2 rings (SSSR count). The van der Waals surface area contributed by atoms with Gasteiger partial charge in [-0.05, 0) is 40.9 Å². The van der Waals surface area contributed by atoms with E-state index in [-0.39, 0.29) is 0 Å². The summed E-state index contributed by atoms with van der Waals surface area (Å²) < 4.78 is 6.22. The van der Waals surface area contributed by atoms with Crippen LogP contribution in [0.4, 0.5) is 0 Å². The van der Waals surface area contributed by atoms with Crippen molar-refractivity contribution in [3.05, 3.63) is 22.6 Å². The Kier molecular flexibility index (Phi) is 4.47. The Balaban J connectivity index is 2.01. The summed E-state index contributed by atoms with van der Waals surface area (Å²) in [4.78, 5) is 0. The summed E-state index contributed by atoms with van der Waals surface area (Å²) >= 11 is 3.48. The summed E-state index contributed by atoms with van der Waals surface area (Å²) in [6, 6.07) is 2.52. The predicted octanol–water partition coefficient (Wildman–Crippen LogP) is 4.27. The van der Waals surface area contributed by atoms with Crippen LogP contribution < -0.4 is 5.32 Å². The van der Waals surface area contributed by atoms with Crippen molar-refractivity contribution in [3.8, 4) is 0 Å². The molecule has 1 saturated carbocycles. The van der Waals surface area contributed by atoms with Gasteiger partial charge in [0.2, 0.25) is 0 Å². The fourth-order valence-electron chi connectivity index (χ4n) is 2.70. The highest BCUT2D eigenvalue weighted by Gasteiger charge is 2.22. The molecule has 0 radical (unpaired) electrons. The van der Waals surface area contributed by atoms with Crippen molar-refractivity contribution < 1.29 is 4.42 Å². The third kappa shape index (κ3) is 2.89. The molecule has 1 atom stereocenters. The summed E-state index contributed by atoms with van der Waals surface area (Å²) in [5.41, 5.74) is 1.27. The lowest BCUT2D eigenvalue weighted by Gasteiger charge is -2.20. The quantitative estimate of drug-likeness (QED) is 0.874. The van der Waals surface area contributed by atoms with Gasteiger partial charge in [-0.2, -0.15) is 0 Å². The molecule has 1 aromatic heterocycles. The lowest BCUT2D eigenvalue weighted by Crippen LogP contribution is -2.22. The summed E-state index contributed by atoms with van der Waals surface area (Å²) in [6.45, 7) is 3.17. The Morgan fingerprint density at radius 3 is 2.81 bits per heavy atom. The van der Waals surface area contributed by atoms with E-state index in [1.54, 1.807) is 6.26 Å². The average Bonchev–Trinajstić information content (AvgIpc) is 2.88. The van der Waals surface area contributed by atoms with Gasteiger partial charge in [-0.15, -0.1) is 0 Å². The van der Waals surface area contributed by atoms with Crippen LogP contribution in [0.25, 0.3) is 0 Å². The Hall–Kier alpha value is -0.280. The Bertz CT molecular complexity index is 317. The standard InChI is InChI=1S/C13H20BrNO/c1-2-15-12(9-10-5-3-4-6-10)11-7-8-16-13(11)14/h7-8,10,12,15H,2-6,9H2,1H3. The fraction of sp³-hybridized carbons (Fsp3) is 0.692. The molecule has 0 aliphatic heterocycles. The first kappa shape index (κ1) is 12.2. The number of hydrogen-bond acceptors (Lipinski definition) is 2. The van der Waals surface area contributed by atoms with Crippen LogP contribution in [0.15, 0.2) is 21.4 Å². The molecule has 0 amide bonds. The fourth-order valence-corrected chi connectivity index (χ4v) is 3.22. The SMILES string of the molecule is CCNC(CC1CCCC1)c1ccoc1Br. The van der Waals surface area contributed by atoms with Crippen molar-refractivity contribution in [1.29, 1.82) is 0 Å². The molecule has 2 nitrogen and oxygen atoms in total. The predicted molar refractivity (Wildman–Crippen MR) is 69.4 cm³/mol. The monoisotopic (exact) mass is 285 g/mol. The molecule has 0 saturated heterocycles. The van der Waals surface area contributed by atoms with Gasteiger partial charge < -0.3 is 9.73 Å². The molecule has 90 valence electrons. The van der Waals surface area contributed by atoms with E-state index < -0.39 is 0 Å². The second-order valence-corrected chi connectivity index (χ2v) is 5.37. The van der Waals surface area contributed by atoms with E-state index in [1.165, 1.54) is 37.7 Å². The smallest absolute Gasteiger partial charge is 0.173 e. The third-order valence-electron chi connectivity index (χ3n) is 3.52. The van der Waals surface area contributed by atoms with Crippen LogP contribution in [0.2, 0.25) is 0 Å². The van der Waals surface area contributed by atoms with E-state index >= 15 is 0 Å². The van der Waals surface area contributed by atoms with E-state index in [0.29, 0.717) is 6.04 Å². The molecule has 0 spiro atoms. The van der Waals surface area contributed by atoms with Crippen molar-refractivity contribution in [2.24, 2.45) is 5.92 Å². The zero-order valence-electron chi connectivity index (χ0n) is 9.84. The Morgan fingerprint density at radius 1 is 1.50 bits per heavy atom. The second kappa shape index (κ2) is 5.87. The minimum absolute atomic E-state index is 0.446. The molecular weight excluding hydrogens is 266 g/mol. The van der Waals surface area contributed by atoms with E-state index in [0.717, 1.165) is 17.1 Å². The first-order chi connectivity index (χ1) is 7.81. The van der Waals surface area contributed by atoms with Crippen LogP contribution in [-0.2, 0) is 0 Å². The highest BCUT2D eigenvalue weighted by atomic mass is 79.9. The van der Waals surface area contributed by atoms with E-state index in [9.17, 15) is 0 Å². The molecule has 1 aliphatic carbocycles. The molecule has 16 heavy (non-hydrogen) atoms. The molecule has 1 N–H and O–H groups in total. The van der Waals surface area contributed by atoms with Crippen LogP contribution in [-0.4, -0.2) is 6.54 Å². The molecule has 3 heteroatoms. The summed E-state index contributed by atoms with van der Waals surface area (Å²) in [5.74, 6) is 0.894. The van der Waals surface area contributed by atoms with Gasteiger partial charge in [0.05, 0.1) is 6.26 Å². The van der Waals surface area contributed by atoms with Crippen molar-refractivity contribution in [2.45, 2.75) is 45.1 Å². The highest BCUT2D eigenvalue weighted by Crippen LogP contribution is 2.35. The molecule has 1 fully saturated rings. The third-order valence-corrected chi connectivity index (χ3v) is 4.16. The zero-order chi connectivity index (χ0) is 11.4. The van der Waals surface area contributed by atoms with Crippen molar-refractivity contribution in [1.82, 2.24) is 5.32 Å². The van der Waals surface area contributed by atoms with E-state index in [2.05, 4.69) is 34.2 Å². The largest absolute Gasteiger partial charge is 0.457 e. The van der Waals surface area contributed by atoms with Crippen LogP contribution in [0.1, 0.15) is 50.6 Å². The summed E-state index contributed by atoms with van der Waals surface area (Å²) in [6.07, 6.45) is 8.63. The maximum Gasteiger partial charge on any atom is 0.173 e. The first-order valence-corrected chi connectivity index (χ1v) is 7.06. The molecule has 1 unspecified atom stereocenters. The number of hydrogen-bond donors (Lipinski definition) is 1. The van der Waals surface area contributed by atoms with Crippen LogP contribution in [0, 0.1) is 5.92 Å². The number of nitrogens with one attached hydrogen (secondary N) is 1. The maximum absolute atomic E-state index is 5.33. The Labute approximate surface area is 106 Å². The highest BCUT2D eigenvalue weighted by molar-refractivity contribution is 9.10. The van der Waals surface area contributed by atoms with Gasteiger partial charge in [-0.1, -0.05) is 32.6 Å². The van der Waals surface area contributed by atoms with Gasteiger partial charge in [0.1, 0.15) is 0 Å². The zero-order valence-corrected chi connectivity index (χ0v) is 11.4. The van der Waals surface area contributed by atoms with Gasteiger partial charge in [0, 0.05) is 11.6 Å². The second-order valence-electron chi connectivity index (χ2n) is 4.65. The normalized spacial score (nSPS) is 19.1. The van der Waals surface area contributed by atoms with Gasteiger partial charge >= 0.3 is 0 Å². The van der Waals surface area contributed by atoms with Gasteiger partial charge in [-0.25, -0.2) is 0 Å². The minimum Gasteiger partial charge on any atom is -0.457 e. The van der Waals surface area contributed by atoms with Crippen molar-refractivity contribution in [2.75, 3.05) is 6.54 Å². The van der Waals surface area contributed by atoms with Crippen LogP contribution in [0.5, 0.6) is 0 Å². The van der Waals surface area contributed by atoms with E-state index in [4.69, 9.17) is 4.42 Å². The molecule has 0 aromatic carbocycles. The number of furan rings is 1. The topological polar surface area (TPSA) is 25.2 Å². The first-order valence-electron chi connectivity index (χ1n) is 6.27. The molecule has 1 aromatic rings. The average molecular weight is 286 g/mol.